The summed E-state index contributed by atoms with van der Waals surface area (Å²) in [4.78, 5) is 11.8. The normalized spacial score (nSPS) is 13.1. The number of carbonyl (C=O) groups is 1. The Hall–Kier alpha value is -1.35. The van der Waals surface area contributed by atoms with Crippen LogP contribution in [0.4, 0.5) is 5.69 Å². The van der Waals surface area contributed by atoms with E-state index in [1.54, 1.807) is 0 Å². The van der Waals surface area contributed by atoms with Gasteiger partial charge >= 0.3 is 0 Å². The van der Waals surface area contributed by atoms with Crippen molar-refractivity contribution in [3.8, 4) is 0 Å². The maximum atomic E-state index is 11.8. The summed E-state index contributed by atoms with van der Waals surface area (Å²) in [5.74, 6) is -0.00976. The molecule has 106 valence electrons. The summed E-state index contributed by atoms with van der Waals surface area (Å²) >= 11 is 0. The number of amides is 1. The van der Waals surface area contributed by atoms with Gasteiger partial charge in [0.15, 0.2) is 0 Å². The first-order valence-electron chi connectivity index (χ1n) is 6.99. The van der Waals surface area contributed by atoms with Gasteiger partial charge in [0, 0.05) is 18.2 Å². The van der Waals surface area contributed by atoms with E-state index in [4.69, 9.17) is 5.73 Å². The minimum absolute atomic E-state index is 0.00976. The fourth-order valence-corrected chi connectivity index (χ4v) is 1.98. The second-order valence-corrected chi connectivity index (χ2v) is 6.13. The molecule has 0 aliphatic rings. The monoisotopic (exact) mass is 262 g/mol. The van der Waals surface area contributed by atoms with Crippen molar-refractivity contribution >= 4 is 11.6 Å². The second kappa shape index (κ2) is 6.71. The van der Waals surface area contributed by atoms with E-state index < -0.39 is 0 Å². The molecule has 0 saturated heterocycles. The second-order valence-electron chi connectivity index (χ2n) is 6.13. The lowest BCUT2D eigenvalue weighted by Gasteiger charge is -2.19. The number of nitrogens with two attached hydrogens (primary N) is 1. The van der Waals surface area contributed by atoms with Crippen molar-refractivity contribution in [1.29, 1.82) is 0 Å². The fourth-order valence-electron chi connectivity index (χ4n) is 1.98. The summed E-state index contributed by atoms with van der Waals surface area (Å²) in [5.41, 5.74) is 8.08. The van der Waals surface area contributed by atoms with E-state index in [2.05, 4.69) is 45.1 Å². The molecule has 1 aromatic carbocycles. The standard InChI is InChI=1S/C16H26N2O/c1-5-6-13(17)11-15(19)18-14-9-7-12(8-10-14)16(2,3)4/h7-10,13H,5-6,11,17H2,1-4H3,(H,18,19). The van der Waals surface area contributed by atoms with Crippen LogP contribution < -0.4 is 11.1 Å². The van der Waals surface area contributed by atoms with Crippen LogP contribution in [-0.4, -0.2) is 11.9 Å². The number of benzene rings is 1. The zero-order chi connectivity index (χ0) is 14.5. The van der Waals surface area contributed by atoms with Crippen LogP contribution in [-0.2, 0) is 10.2 Å². The molecule has 1 aromatic rings. The van der Waals surface area contributed by atoms with Crippen molar-refractivity contribution < 1.29 is 4.79 Å². The van der Waals surface area contributed by atoms with Crippen LogP contribution in [0, 0.1) is 0 Å². The van der Waals surface area contributed by atoms with Gasteiger partial charge in [-0.05, 0) is 29.5 Å². The minimum atomic E-state index is -0.0427. The van der Waals surface area contributed by atoms with Gasteiger partial charge in [0.25, 0.3) is 0 Å². The first kappa shape index (κ1) is 15.7. The number of hydrogen-bond acceptors (Lipinski definition) is 2. The number of carbonyl (C=O) groups excluding carboxylic acids is 1. The van der Waals surface area contributed by atoms with Gasteiger partial charge in [-0.15, -0.1) is 0 Å². The van der Waals surface area contributed by atoms with E-state index in [0.29, 0.717) is 6.42 Å². The van der Waals surface area contributed by atoms with E-state index in [0.717, 1.165) is 18.5 Å². The number of anilines is 1. The summed E-state index contributed by atoms with van der Waals surface area (Å²) in [6, 6.07) is 7.97. The Labute approximate surface area is 116 Å². The average Bonchev–Trinajstić information content (AvgIpc) is 2.28. The van der Waals surface area contributed by atoms with Crippen molar-refractivity contribution in [2.24, 2.45) is 5.73 Å². The van der Waals surface area contributed by atoms with Gasteiger partial charge in [0.1, 0.15) is 0 Å². The molecule has 0 fully saturated rings. The lowest BCUT2D eigenvalue weighted by atomic mass is 9.87. The van der Waals surface area contributed by atoms with Gasteiger partial charge in [-0.2, -0.15) is 0 Å². The topological polar surface area (TPSA) is 55.1 Å². The summed E-state index contributed by atoms with van der Waals surface area (Å²) in [6.07, 6.45) is 2.28. The molecule has 0 radical (unpaired) electrons. The largest absolute Gasteiger partial charge is 0.327 e. The molecule has 3 N–H and O–H groups in total. The molecular formula is C16H26N2O. The van der Waals surface area contributed by atoms with E-state index in [9.17, 15) is 4.79 Å². The maximum absolute atomic E-state index is 11.8. The molecule has 3 nitrogen and oxygen atoms in total. The molecule has 0 saturated carbocycles. The van der Waals surface area contributed by atoms with Gasteiger partial charge in [-0.3, -0.25) is 4.79 Å². The number of nitrogens with one attached hydrogen (secondary N) is 1. The highest BCUT2D eigenvalue weighted by Gasteiger charge is 2.13. The van der Waals surface area contributed by atoms with Crippen LogP contribution in [0.25, 0.3) is 0 Å². The molecule has 0 spiro atoms. The average molecular weight is 262 g/mol. The molecule has 1 unspecified atom stereocenters. The Morgan fingerprint density at radius 1 is 1.26 bits per heavy atom. The molecule has 0 bridgehead atoms. The van der Waals surface area contributed by atoms with Gasteiger partial charge in [0.05, 0.1) is 0 Å². The Bertz CT molecular complexity index is 404. The van der Waals surface area contributed by atoms with Gasteiger partial charge in [-0.25, -0.2) is 0 Å². The SMILES string of the molecule is CCCC(N)CC(=O)Nc1ccc(C(C)(C)C)cc1. The van der Waals surface area contributed by atoms with Gasteiger partial charge in [0.2, 0.25) is 5.91 Å². The van der Waals surface area contributed by atoms with Crippen molar-refractivity contribution in [2.45, 2.75) is 58.4 Å². The van der Waals surface area contributed by atoms with E-state index in [1.165, 1.54) is 5.56 Å². The van der Waals surface area contributed by atoms with E-state index in [-0.39, 0.29) is 17.4 Å². The Morgan fingerprint density at radius 2 is 1.84 bits per heavy atom. The quantitative estimate of drug-likeness (QED) is 0.854. The molecule has 0 aromatic heterocycles. The van der Waals surface area contributed by atoms with Crippen LogP contribution in [0.2, 0.25) is 0 Å². The third-order valence-corrected chi connectivity index (χ3v) is 3.14. The maximum Gasteiger partial charge on any atom is 0.225 e. The van der Waals surface area contributed by atoms with Crippen molar-refractivity contribution in [3.05, 3.63) is 29.8 Å². The Kier molecular flexibility index (Phi) is 5.55. The van der Waals surface area contributed by atoms with Gasteiger partial charge in [-0.1, -0.05) is 46.2 Å². The highest BCUT2D eigenvalue weighted by atomic mass is 16.1. The smallest absolute Gasteiger partial charge is 0.225 e. The Morgan fingerprint density at radius 3 is 2.32 bits per heavy atom. The molecule has 3 heteroatoms. The van der Waals surface area contributed by atoms with Gasteiger partial charge < -0.3 is 11.1 Å². The van der Waals surface area contributed by atoms with Crippen LogP contribution in [0.3, 0.4) is 0 Å². The first-order valence-corrected chi connectivity index (χ1v) is 6.99. The van der Waals surface area contributed by atoms with E-state index >= 15 is 0 Å². The third-order valence-electron chi connectivity index (χ3n) is 3.14. The van der Waals surface area contributed by atoms with Crippen molar-refractivity contribution in [1.82, 2.24) is 0 Å². The summed E-state index contributed by atoms with van der Waals surface area (Å²) in [7, 11) is 0. The minimum Gasteiger partial charge on any atom is -0.327 e. The van der Waals surface area contributed by atoms with Crippen LogP contribution in [0.5, 0.6) is 0 Å². The molecule has 19 heavy (non-hydrogen) atoms. The van der Waals surface area contributed by atoms with Crippen LogP contribution in [0.15, 0.2) is 24.3 Å². The molecule has 0 aliphatic heterocycles. The molecule has 0 aliphatic carbocycles. The van der Waals surface area contributed by atoms with E-state index in [1.807, 2.05) is 12.1 Å². The summed E-state index contributed by atoms with van der Waals surface area (Å²) < 4.78 is 0. The molecular weight excluding hydrogens is 236 g/mol. The summed E-state index contributed by atoms with van der Waals surface area (Å²) in [5, 5.41) is 2.89. The third kappa shape index (κ3) is 5.43. The lowest BCUT2D eigenvalue weighted by Crippen LogP contribution is -2.26. The fraction of sp³-hybridized carbons (Fsp3) is 0.562. The molecule has 0 heterocycles. The predicted molar refractivity (Wildman–Crippen MR) is 81.3 cm³/mol. The lowest BCUT2D eigenvalue weighted by molar-refractivity contribution is -0.116. The highest BCUT2D eigenvalue weighted by Crippen LogP contribution is 2.23. The zero-order valence-electron chi connectivity index (χ0n) is 12.5. The highest BCUT2D eigenvalue weighted by molar-refractivity contribution is 5.91. The molecule has 1 amide bonds. The number of rotatable bonds is 5. The molecule has 1 rings (SSSR count). The van der Waals surface area contributed by atoms with Crippen molar-refractivity contribution in [3.63, 3.8) is 0 Å². The number of hydrogen-bond donors (Lipinski definition) is 2. The zero-order valence-corrected chi connectivity index (χ0v) is 12.5. The van der Waals surface area contributed by atoms with Crippen LogP contribution in [0.1, 0.15) is 52.5 Å². The predicted octanol–water partition coefficient (Wildman–Crippen LogP) is 3.44. The molecule has 1 atom stereocenters. The van der Waals surface area contributed by atoms with Crippen LogP contribution >= 0.6 is 0 Å². The summed E-state index contributed by atoms with van der Waals surface area (Å²) in [6.45, 7) is 8.59. The first-order chi connectivity index (χ1) is 8.82. The Balaban J connectivity index is 2.56. The van der Waals surface area contributed by atoms with Crippen molar-refractivity contribution in [2.75, 3.05) is 5.32 Å².